The van der Waals surface area contributed by atoms with Crippen LogP contribution in [0.25, 0.3) is 0 Å². The topological polar surface area (TPSA) is 92.3 Å². The monoisotopic (exact) mass is 318 g/mol. The predicted octanol–water partition coefficient (Wildman–Crippen LogP) is 0.674. The van der Waals surface area contributed by atoms with E-state index in [-0.39, 0.29) is 54.4 Å². The van der Waals surface area contributed by atoms with Crippen molar-refractivity contribution < 1.29 is 14.4 Å². The lowest BCUT2D eigenvalue weighted by Crippen LogP contribution is -2.35. The van der Waals surface area contributed by atoms with Crippen molar-refractivity contribution in [3.8, 4) is 0 Å². The number of likely N-dealkylation sites (tertiary alicyclic amines) is 1. The zero-order valence-electron chi connectivity index (χ0n) is 11.6. The van der Waals surface area contributed by atoms with Gasteiger partial charge in [-0.25, -0.2) is 0 Å². The zero-order valence-corrected chi connectivity index (χ0v) is 12.5. The maximum atomic E-state index is 12.4. The molecule has 0 aromatic carbocycles. The number of hydrogen-bond acceptors (Lipinski definition) is 6. The van der Waals surface area contributed by atoms with Gasteiger partial charge in [0, 0.05) is 13.0 Å². The highest BCUT2D eigenvalue weighted by Crippen LogP contribution is 2.52. The van der Waals surface area contributed by atoms with E-state index in [2.05, 4.69) is 27.7 Å². The smallest absolute Gasteiger partial charge is 0.233 e. The van der Waals surface area contributed by atoms with Crippen LogP contribution in [0.15, 0.2) is 17.7 Å². The molecule has 22 heavy (non-hydrogen) atoms. The second-order valence-corrected chi connectivity index (χ2v) is 6.70. The molecule has 7 nitrogen and oxygen atoms in total. The third-order valence-electron chi connectivity index (χ3n) is 4.73. The number of aromatic nitrogens is 2. The van der Waals surface area contributed by atoms with E-state index < -0.39 is 0 Å². The lowest BCUT2D eigenvalue weighted by atomic mass is 9.85. The van der Waals surface area contributed by atoms with Crippen LogP contribution in [0.1, 0.15) is 12.8 Å². The van der Waals surface area contributed by atoms with Crippen molar-refractivity contribution in [1.29, 1.82) is 0 Å². The molecule has 1 aliphatic heterocycles. The molecule has 8 heteroatoms. The average Bonchev–Trinajstić information content (AvgIpc) is 3.24. The molecular weight excluding hydrogens is 304 g/mol. The quantitative estimate of drug-likeness (QED) is 0.651. The number of anilines is 1. The van der Waals surface area contributed by atoms with Gasteiger partial charge in [-0.05, 0) is 18.3 Å². The first-order valence-electron chi connectivity index (χ1n) is 7.24. The number of hydrogen-bond donors (Lipinski definition) is 1. The molecule has 0 unspecified atom stereocenters. The van der Waals surface area contributed by atoms with Crippen molar-refractivity contribution in [2.75, 3.05) is 11.9 Å². The summed E-state index contributed by atoms with van der Waals surface area (Å²) in [6.07, 6.45) is 5.11. The van der Waals surface area contributed by atoms with Crippen LogP contribution in [0.2, 0.25) is 0 Å². The fourth-order valence-electron chi connectivity index (χ4n) is 3.81. The first kappa shape index (κ1) is 13.6. The highest BCUT2D eigenvalue weighted by molar-refractivity contribution is 7.13. The van der Waals surface area contributed by atoms with E-state index in [1.807, 2.05) is 0 Å². The van der Waals surface area contributed by atoms with E-state index in [0.29, 0.717) is 5.13 Å². The Labute approximate surface area is 130 Å². The Morgan fingerprint density at radius 1 is 1.27 bits per heavy atom. The molecule has 1 N–H and O–H groups in total. The first-order valence-corrected chi connectivity index (χ1v) is 8.12. The SMILES string of the molecule is O=C(CCN1C(=O)[C@@H]2[C@H](C1=O)[C@H]1C=C[C@H]2C1)Nc1nncs1. The molecule has 2 bridgehead atoms. The van der Waals surface area contributed by atoms with Crippen LogP contribution in [0.3, 0.4) is 0 Å². The molecule has 2 fully saturated rings. The molecule has 2 heterocycles. The second kappa shape index (κ2) is 4.98. The van der Waals surface area contributed by atoms with Crippen LogP contribution < -0.4 is 5.32 Å². The van der Waals surface area contributed by atoms with E-state index in [9.17, 15) is 14.4 Å². The van der Waals surface area contributed by atoms with Gasteiger partial charge < -0.3 is 5.32 Å². The number of nitrogens with one attached hydrogen (secondary N) is 1. The minimum Gasteiger partial charge on any atom is -0.300 e. The van der Waals surface area contributed by atoms with E-state index in [1.165, 1.54) is 21.7 Å². The second-order valence-electron chi connectivity index (χ2n) is 5.87. The summed E-state index contributed by atoms with van der Waals surface area (Å²) in [5.74, 6) is -0.498. The van der Waals surface area contributed by atoms with E-state index in [1.54, 1.807) is 0 Å². The summed E-state index contributed by atoms with van der Waals surface area (Å²) in [6.45, 7) is 0.134. The molecular formula is C14H14N4O3S. The number of imide groups is 1. The van der Waals surface area contributed by atoms with Gasteiger partial charge in [-0.2, -0.15) is 0 Å². The highest BCUT2D eigenvalue weighted by atomic mass is 32.1. The Morgan fingerprint density at radius 2 is 1.95 bits per heavy atom. The van der Waals surface area contributed by atoms with E-state index >= 15 is 0 Å². The predicted molar refractivity (Wildman–Crippen MR) is 77.6 cm³/mol. The lowest BCUT2D eigenvalue weighted by Gasteiger charge is -2.16. The van der Waals surface area contributed by atoms with Crippen LogP contribution in [-0.4, -0.2) is 39.4 Å². The largest absolute Gasteiger partial charge is 0.300 e. The fourth-order valence-corrected chi connectivity index (χ4v) is 4.27. The molecule has 1 saturated carbocycles. The number of carbonyl (C=O) groups excluding carboxylic acids is 3. The highest BCUT2D eigenvalue weighted by Gasteiger charge is 2.58. The Balaban J connectivity index is 1.39. The number of rotatable bonds is 4. The van der Waals surface area contributed by atoms with Gasteiger partial charge in [-0.15, -0.1) is 10.2 Å². The van der Waals surface area contributed by atoms with Crippen molar-refractivity contribution in [3.63, 3.8) is 0 Å². The maximum Gasteiger partial charge on any atom is 0.233 e. The van der Waals surface area contributed by atoms with Gasteiger partial charge in [0.25, 0.3) is 0 Å². The van der Waals surface area contributed by atoms with Crippen molar-refractivity contribution in [2.45, 2.75) is 12.8 Å². The van der Waals surface area contributed by atoms with Crippen LogP contribution in [-0.2, 0) is 14.4 Å². The third kappa shape index (κ3) is 1.98. The van der Waals surface area contributed by atoms with Gasteiger partial charge in [0.05, 0.1) is 11.8 Å². The summed E-state index contributed by atoms with van der Waals surface area (Å²) in [5, 5.41) is 10.4. The van der Waals surface area contributed by atoms with Gasteiger partial charge in [-0.3, -0.25) is 19.3 Å². The number of amides is 3. The van der Waals surface area contributed by atoms with Gasteiger partial charge in [0.1, 0.15) is 5.51 Å². The minimum atomic E-state index is -0.268. The summed E-state index contributed by atoms with van der Waals surface area (Å²) >= 11 is 1.22. The van der Waals surface area contributed by atoms with E-state index in [4.69, 9.17) is 0 Å². The summed E-state index contributed by atoms with van der Waals surface area (Å²) in [5.41, 5.74) is 1.52. The summed E-state index contributed by atoms with van der Waals surface area (Å²) < 4.78 is 0. The normalized spacial score (nSPS) is 31.9. The number of carbonyl (C=O) groups is 3. The maximum absolute atomic E-state index is 12.4. The summed E-state index contributed by atoms with van der Waals surface area (Å²) in [4.78, 5) is 38.0. The molecule has 0 spiro atoms. The van der Waals surface area contributed by atoms with E-state index in [0.717, 1.165) is 6.42 Å². The molecule has 114 valence electrons. The lowest BCUT2D eigenvalue weighted by molar-refractivity contribution is -0.140. The molecule has 4 atom stereocenters. The molecule has 3 aliphatic rings. The summed E-state index contributed by atoms with van der Waals surface area (Å²) in [7, 11) is 0. The standard InChI is InChI=1S/C14H14N4O3S/c19-9(16-14-17-15-6-22-14)3-4-18-12(20)10-7-1-2-8(5-7)11(10)13(18)21/h1-2,6-8,10-11H,3-5H2,(H,16,17,19)/t7-,8-,10-,11+/m0/s1. The van der Waals surface area contributed by atoms with Crippen molar-refractivity contribution >= 4 is 34.2 Å². The molecule has 1 aromatic heterocycles. The molecule has 1 saturated heterocycles. The van der Waals surface area contributed by atoms with Crippen molar-refractivity contribution in [2.24, 2.45) is 23.7 Å². The molecule has 3 amide bonds. The van der Waals surface area contributed by atoms with Gasteiger partial charge >= 0.3 is 0 Å². The van der Waals surface area contributed by atoms with Gasteiger partial charge in [0.15, 0.2) is 0 Å². The van der Waals surface area contributed by atoms with Crippen molar-refractivity contribution in [3.05, 3.63) is 17.7 Å². The first-order chi connectivity index (χ1) is 10.6. The minimum absolute atomic E-state index is 0.0826. The van der Waals surface area contributed by atoms with Crippen LogP contribution in [0.5, 0.6) is 0 Å². The molecule has 1 aromatic rings. The number of fused-ring (bicyclic) bond motifs is 5. The Hall–Kier alpha value is -2.09. The van der Waals surface area contributed by atoms with Crippen LogP contribution >= 0.6 is 11.3 Å². The third-order valence-corrected chi connectivity index (χ3v) is 5.34. The Kier molecular flexibility index (Phi) is 3.07. The van der Waals surface area contributed by atoms with Crippen LogP contribution in [0.4, 0.5) is 5.13 Å². The zero-order chi connectivity index (χ0) is 15.3. The Bertz CT molecular complexity index is 642. The average molecular weight is 318 g/mol. The molecule has 2 aliphatic carbocycles. The number of nitrogens with zero attached hydrogens (tertiary/aromatic N) is 3. The van der Waals surface area contributed by atoms with Gasteiger partial charge in [0.2, 0.25) is 22.9 Å². The van der Waals surface area contributed by atoms with Crippen molar-refractivity contribution in [1.82, 2.24) is 15.1 Å². The molecule has 4 rings (SSSR count). The Morgan fingerprint density at radius 3 is 2.55 bits per heavy atom. The number of allylic oxidation sites excluding steroid dienone is 2. The van der Waals surface area contributed by atoms with Gasteiger partial charge in [-0.1, -0.05) is 23.5 Å². The summed E-state index contributed by atoms with van der Waals surface area (Å²) in [6, 6.07) is 0. The fraction of sp³-hybridized carbons (Fsp3) is 0.500. The van der Waals surface area contributed by atoms with Crippen LogP contribution in [0, 0.1) is 23.7 Å². The molecule has 0 radical (unpaired) electrons.